The number of hydrogen-bond donors (Lipinski definition) is 1. The highest BCUT2D eigenvalue weighted by Crippen LogP contribution is 2.16. The third-order valence-corrected chi connectivity index (χ3v) is 2.39. The van der Waals surface area contributed by atoms with Gasteiger partial charge in [-0.3, -0.25) is 9.97 Å². The smallest absolute Gasteiger partial charge is 0.0657 e. The van der Waals surface area contributed by atoms with Gasteiger partial charge in [0.25, 0.3) is 0 Å². The Morgan fingerprint density at radius 2 is 2.12 bits per heavy atom. The lowest BCUT2D eigenvalue weighted by Crippen LogP contribution is -2.08. The molecule has 3 heteroatoms. The fourth-order valence-electron chi connectivity index (χ4n) is 1.59. The lowest BCUT2D eigenvalue weighted by atomic mass is 10.2. The summed E-state index contributed by atoms with van der Waals surface area (Å²) in [7, 11) is 0. The molecular formula is C13H15N3. The number of nitrogens with one attached hydrogen (secondary N) is 1. The molecule has 2 aromatic rings. The first-order chi connectivity index (χ1) is 7.75. The van der Waals surface area contributed by atoms with Crippen molar-refractivity contribution in [2.24, 2.45) is 0 Å². The predicted octanol–water partition coefficient (Wildman–Crippen LogP) is 2.96. The highest BCUT2D eigenvalue weighted by Gasteiger charge is 2.05. The fraction of sp³-hybridized carbons (Fsp3) is 0.231. The minimum Gasteiger partial charge on any atom is -0.376 e. The summed E-state index contributed by atoms with van der Waals surface area (Å²) in [5.74, 6) is 0. The van der Waals surface area contributed by atoms with E-state index in [1.165, 1.54) is 0 Å². The Bertz CT molecular complexity index is 454. The van der Waals surface area contributed by atoms with E-state index in [1.54, 1.807) is 0 Å². The SMILES string of the molecule is Cc1cncc(NC(C)c2ccccn2)c1. The Balaban J connectivity index is 2.11. The van der Waals surface area contributed by atoms with Crippen molar-refractivity contribution in [3.63, 3.8) is 0 Å². The molecule has 1 unspecified atom stereocenters. The molecule has 2 heterocycles. The van der Waals surface area contributed by atoms with Gasteiger partial charge in [0.05, 0.1) is 17.4 Å². The van der Waals surface area contributed by atoms with Crippen LogP contribution < -0.4 is 5.32 Å². The topological polar surface area (TPSA) is 37.8 Å². The first kappa shape index (κ1) is 10.6. The Morgan fingerprint density at radius 3 is 2.81 bits per heavy atom. The lowest BCUT2D eigenvalue weighted by molar-refractivity contribution is 0.838. The summed E-state index contributed by atoms with van der Waals surface area (Å²) >= 11 is 0. The molecule has 0 aromatic carbocycles. The molecule has 0 amide bonds. The number of aromatic nitrogens is 2. The largest absolute Gasteiger partial charge is 0.376 e. The van der Waals surface area contributed by atoms with Crippen LogP contribution in [0.2, 0.25) is 0 Å². The van der Waals surface area contributed by atoms with Crippen molar-refractivity contribution in [1.82, 2.24) is 9.97 Å². The minimum absolute atomic E-state index is 0.185. The van der Waals surface area contributed by atoms with Gasteiger partial charge in [-0.05, 0) is 37.6 Å². The van der Waals surface area contributed by atoms with Gasteiger partial charge in [0.1, 0.15) is 0 Å². The third kappa shape index (κ3) is 2.57. The van der Waals surface area contributed by atoms with E-state index in [0.717, 1.165) is 16.9 Å². The molecule has 1 atom stereocenters. The van der Waals surface area contributed by atoms with Crippen LogP contribution in [-0.2, 0) is 0 Å². The molecule has 16 heavy (non-hydrogen) atoms. The summed E-state index contributed by atoms with van der Waals surface area (Å²) in [6.45, 7) is 4.12. The lowest BCUT2D eigenvalue weighted by Gasteiger charge is -2.14. The van der Waals surface area contributed by atoms with E-state index >= 15 is 0 Å². The molecule has 0 aliphatic heterocycles. The summed E-state index contributed by atoms with van der Waals surface area (Å²) in [4.78, 5) is 8.46. The van der Waals surface area contributed by atoms with Crippen LogP contribution in [0.25, 0.3) is 0 Å². The van der Waals surface area contributed by atoms with Crippen LogP contribution in [0.1, 0.15) is 24.2 Å². The molecule has 2 aromatic heterocycles. The molecule has 3 nitrogen and oxygen atoms in total. The molecule has 0 bridgehead atoms. The Morgan fingerprint density at radius 1 is 1.25 bits per heavy atom. The van der Waals surface area contributed by atoms with Crippen molar-refractivity contribution in [1.29, 1.82) is 0 Å². The number of rotatable bonds is 3. The van der Waals surface area contributed by atoms with Gasteiger partial charge >= 0.3 is 0 Å². The Hall–Kier alpha value is -1.90. The van der Waals surface area contributed by atoms with Gasteiger partial charge < -0.3 is 5.32 Å². The van der Waals surface area contributed by atoms with Gasteiger partial charge in [-0.1, -0.05) is 6.07 Å². The number of pyridine rings is 2. The van der Waals surface area contributed by atoms with Crippen LogP contribution in [0.15, 0.2) is 42.9 Å². The molecule has 0 radical (unpaired) electrons. The van der Waals surface area contributed by atoms with Gasteiger partial charge in [-0.2, -0.15) is 0 Å². The van der Waals surface area contributed by atoms with Crippen LogP contribution in [0.4, 0.5) is 5.69 Å². The predicted molar refractivity (Wildman–Crippen MR) is 65.2 cm³/mol. The molecule has 1 N–H and O–H groups in total. The van der Waals surface area contributed by atoms with E-state index in [4.69, 9.17) is 0 Å². The summed E-state index contributed by atoms with van der Waals surface area (Å²) < 4.78 is 0. The monoisotopic (exact) mass is 213 g/mol. The summed E-state index contributed by atoms with van der Waals surface area (Å²) in [6.07, 6.45) is 5.48. The van der Waals surface area contributed by atoms with Crippen LogP contribution in [0.3, 0.4) is 0 Å². The second-order valence-corrected chi connectivity index (χ2v) is 3.87. The van der Waals surface area contributed by atoms with E-state index in [1.807, 2.05) is 43.7 Å². The quantitative estimate of drug-likeness (QED) is 0.851. The molecule has 0 aliphatic carbocycles. The molecular weight excluding hydrogens is 198 g/mol. The van der Waals surface area contributed by atoms with Gasteiger partial charge in [0.15, 0.2) is 0 Å². The second kappa shape index (κ2) is 4.75. The van der Waals surface area contributed by atoms with Crippen LogP contribution in [0, 0.1) is 6.92 Å². The van der Waals surface area contributed by atoms with E-state index in [-0.39, 0.29) is 6.04 Å². The summed E-state index contributed by atoms with van der Waals surface area (Å²) in [6, 6.07) is 8.19. The van der Waals surface area contributed by atoms with Crippen LogP contribution >= 0.6 is 0 Å². The first-order valence-electron chi connectivity index (χ1n) is 5.35. The van der Waals surface area contributed by atoms with E-state index in [9.17, 15) is 0 Å². The zero-order valence-corrected chi connectivity index (χ0v) is 9.51. The van der Waals surface area contributed by atoms with Crippen molar-refractivity contribution in [2.75, 3.05) is 5.32 Å². The van der Waals surface area contributed by atoms with Gasteiger partial charge in [-0.25, -0.2) is 0 Å². The summed E-state index contributed by atoms with van der Waals surface area (Å²) in [5, 5.41) is 3.37. The first-order valence-corrected chi connectivity index (χ1v) is 5.35. The van der Waals surface area contributed by atoms with Crippen molar-refractivity contribution in [3.8, 4) is 0 Å². The van der Waals surface area contributed by atoms with Crippen LogP contribution in [0.5, 0.6) is 0 Å². The number of hydrogen-bond acceptors (Lipinski definition) is 3. The number of anilines is 1. The molecule has 0 saturated heterocycles. The molecule has 0 saturated carbocycles. The molecule has 0 fully saturated rings. The van der Waals surface area contributed by atoms with Crippen molar-refractivity contribution in [3.05, 3.63) is 54.1 Å². The van der Waals surface area contributed by atoms with Crippen LogP contribution in [-0.4, -0.2) is 9.97 Å². The zero-order chi connectivity index (χ0) is 11.4. The molecule has 82 valence electrons. The standard InChI is InChI=1S/C13H15N3/c1-10-7-12(9-14-8-10)16-11(2)13-5-3-4-6-15-13/h3-9,11,16H,1-2H3. The maximum Gasteiger partial charge on any atom is 0.0657 e. The summed E-state index contributed by atoms with van der Waals surface area (Å²) in [5.41, 5.74) is 3.21. The van der Waals surface area contributed by atoms with Crippen molar-refractivity contribution >= 4 is 5.69 Å². The molecule has 2 rings (SSSR count). The molecule has 0 spiro atoms. The zero-order valence-electron chi connectivity index (χ0n) is 9.51. The Labute approximate surface area is 95.6 Å². The highest BCUT2D eigenvalue weighted by atomic mass is 14.9. The Kier molecular flexibility index (Phi) is 3.15. The molecule has 0 aliphatic rings. The number of aryl methyl sites for hydroxylation is 1. The van der Waals surface area contributed by atoms with Gasteiger partial charge in [-0.15, -0.1) is 0 Å². The van der Waals surface area contributed by atoms with E-state index in [2.05, 4.69) is 28.3 Å². The van der Waals surface area contributed by atoms with E-state index in [0.29, 0.717) is 0 Å². The average molecular weight is 213 g/mol. The van der Waals surface area contributed by atoms with Crippen molar-refractivity contribution in [2.45, 2.75) is 19.9 Å². The normalized spacial score (nSPS) is 12.1. The van der Waals surface area contributed by atoms with Crippen molar-refractivity contribution < 1.29 is 0 Å². The van der Waals surface area contributed by atoms with Gasteiger partial charge in [0.2, 0.25) is 0 Å². The fourth-order valence-corrected chi connectivity index (χ4v) is 1.59. The van der Waals surface area contributed by atoms with Gasteiger partial charge in [0, 0.05) is 18.6 Å². The third-order valence-electron chi connectivity index (χ3n) is 2.39. The maximum atomic E-state index is 4.31. The average Bonchev–Trinajstić information content (AvgIpc) is 2.30. The second-order valence-electron chi connectivity index (χ2n) is 3.87. The minimum atomic E-state index is 0.185. The highest BCUT2D eigenvalue weighted by molar-refractivity contribution is 5.44. The van der Waals surface area contributed by atoms with E-state index < -0.39 is 0 Å². The maximum absolute atomic E-state index is 4.31. The number of nitrogens with zero attached hydrogens (tertiary/aromatic N) is 2.